The van der Waals surface area contributed by atoms with Gasteiger partial charge in [-0.25, -0.2) is 0 Å². The molecule has 2 aromatic carbocycles. The molecule has 20 heavy (non-hydrogen) atoms. The molecule has 2 N–H and O–H groups in total. The Morgan fingerprint density at radius 3 is 2.55 bits per heavy atom. The van der Waals surface area contributed by atoms with Crippen LogP contribution in [0.15, 0.2) is 42.5 Å². The van der Waals surface area contributed by atoms with Crippen LogP contribution >= 0.6 is 0 Å². The minimum Gasteiger partial charge on any atom is -0.397 e. The number of hydrogen-bond donors (Lipinski definition) is 1. The van der Waals surface area contributed by atoms with Crippen molar-refractivity contribution >= 4 is 16.5 Å². The van der Waals surface area contributed by atoms with Gasteiger partial charge in [0.25, 0.3) is 0 Å². The lowest BCUT2D eigenvalue weighted by Crippen LogP contribution is -1.95. The number of aryl methyl sites for hydroxylation is 3. The fourth-order valence-corrected chi connectivity index (χ4v) is 3.19. The molecule has 0 saturated carbocycles. The highest BCUT2D eigenvalue weighted by Crippen LogP contribution is 2.36. The van der Waals surface area contributed by atoms with E-state index in [2.05, 4.69) is 35.3 Å². The van der Waals surface area contributed by atoms with E-state index in [1.54, 1.807) is 0 Å². The van der Waals surface area contributed by atoms with Crippen LogP contribution in [-0.4, -0.2) is 4.98 Å². The summed E-state index contributed by atoms with van der Waals surface area (Å²) in [6.45, 7) is 1.96. The van der Waals surface area contributed by atoms with Crippen molar-refractivity contribution in [2.45, 2.75) is 19.8 Å². The number of nitrogens with two attached hydrogens (primary N) is 1. The smallest absolute Gasteiger partial charge is 0.0713 e. The van der Waals surface area contributed by atoms with E-state index >= 15 is 0 Å². The van der Waals surface area contributed by atoms with Crippen LogP contribution in [0.5, 0.6) is 0 Å². The highest BCUT2D eigenvalue weighted by Gasteiger charge is 2.16. The molecule has 0 atom stereocenters. The van der Waals surface area contributed by atoms with Crippen LogP contribution in [0.3, 0.4) is 0 Å². The SMILES string of the molecule is Cc1nc(-c2ccc3c4c(cccc24)CC3)ccc1N. The first kappa shape index (κ1) is 11.5. The molecule has 0 saturated heterocycles. The zero-order valence-electron chi connectivity index (χ0n) is 11.5. The first-order valence-corrected chi connectivity index (χ1v) is 7.01. The van der Waals surface area contributed by atoms with Gasteiger partial charge < -0.3 is 5.73 Å². The van der Waals surface area contributed by atoms with E-state index in [0.29, 0.717) is 0 Å². The van der Waals surface area contributed by atoms with Gasteiger partial charge in [-0.15, -0.1) is 0 Å². The zero-order chi connectivity index (χ0) is 13.7. The van der Waals surface area contributed by atoms with E-state index in [1.165, 1.54) is 27.5 Å². The largest absolute Gasteiger partial charge is 0.397 e. The third-order valence-corrected chi connectivity index (χ3v) is 4.28. The minimum absolute atomic E-state index is 0.750. The van der Waals surface area contributed by atoms with Crippen molar-refractivity contribution in [3.8, 4) is 11.3 Å². The average Bonchev–Trinajstić information content (AvgIpc) is 2.88. The molecule has 0 unspecified atom stereocenters. The van der Waals surface area contributed by atoms with Gasteiger partial charge in [0.2, 0.25) is 0 Å². The van der Waals surface area contributed by atoms with Gasteiger partial charge in [-0.3, -0.25) is 4.98 Å². The van der Waals surface area contributed by atoms with Crippen LogP contribution in [0.2, 0.25) is 0 Å². The maximum atomic E-state index is 5.88. The Bertz CT molecular complexity index is 824. The van der Waals surface area contributed by atoms with Crippen LogP contribution in [0, 0.1) is 6.92 Å². The molecule has 0 bridgehead atoms. The molecule has 0 fully saturated rings. The molecule has 2 heteroatoms. The first-order valence-electron chi connectivity index (χ1n) is 7.01. The second-order valence-corrected chi connectivity index (χ2v) is 5.48. The predicted octanol–water partition coefficient (Wildman–Crippen LogP) is 3.89. The second-order valence-electron chi connectivity index (χ2n) is 5.48. The number of anilines is 1. The summed E-state index contributed by atoms with van der Waals surface area (Å²) in [5.74, 6) is 0. The van der Waals surface area contributed by atoms with Crippen molar-refractivity contribution < 1.29 is 0 Å². The summed E-state index contributed by atoms with van der Waals surface area (Å²) < 4.78 is 0. The van der Waals surface area contributed by atoms with Gasteiger partial charge in [0.15, 0.2) is 0 Å². The summed E-state index contributed by atoms with van der Waals surface area (Å²) >= 11 is 0. The Kier molecular flexibility index (Phi) is 2.34. The van der Waals surface area contributed by atoms with E-state index in [9.17, 15) is 0 Å². The summed E-state index contributed by atoms with van der Waals surface area (Å²) in [5.41, 5.74) is 12.7. The van der Waals surface area contributed by atoms with Crippen molar-refractivity contribution in [1.29, 1.82) is 0 Å². The lowest BCUT2D eigenvalue weighted by Gasteiger charge is -2.10. The van der Waals surface area contributed by atoms with E-state index in [0.717, 1.165) is 29.9 Å². The molecule has 0 aliphatic heterocycles. The highest BCUT2D eigenvalue weighted by molar-refractivity contribution is 6.00. The molecular formula is C18H16N2. The average molecular weight is 260 g/mol. The number of rotatable bonds is 1. The van der Waals surface area contributed by atoms with Crippen molar-refractivity contribution in [3.05, 3.63) is 59.3 Å². The summed E-state index contributed by atoms with van der Waals surface area (Å²) in [5, 5.41) is 2.75. The molecule has 1 aliphatic rings. The molecular weight excluding hydrogens is 244 g/mol. The Morgan fingerprint density at radius 1 is 0.950 bits per heavy atom. The van der Waals surface area contributed by atoms with Gasteiger partial charge in [-0.2, -0.15) is 0 Å². The number of aromatic nitrogens is 1. The van der Waals surface area contributed by atoms with Crippen LogP contribution in [0.25, 0.3) is 22.0 Å². The maximum Gasteiger partial charge on any atom is 0.0713 e. The zero-order valence-corrected chi connectivity index (χ0v) is 11.5. The Hall–Kier alpha value is -2.35. The lowest BCUT2D eigenvalue weighted by atomic mass is 9.97. The highest BCUT2D eigenvalue weighted by atomic mass is 14.7. The molecule has 98 valence electrons. The Labute approximate surface area is 118 Å². The van der Waals surface area contributed by atoms with Gasteiger partial charge >= 0.3 is 0 Å². The van der Waals surface area contributed by atoms with E-state index in [-0.39, 0.29) is 0 Å². The Balaban J connectivity index is 2.04. The molecule has 0 amide bonds. The molecule has 4 rings (SSSR count). The molecule has 0 spiro atoms. The molecule has 1 aliphatic carbocycles. The fourth-order valence-electron chi connectivity index (χ4n) is 3.19. The second kappa shape index (κ2) is 4.07. The van der Waals surface area contributed by atoms with Gasteiger partial charge in [-0.05, 0) is 53.8 Å². The molecule has 1 aromatic heterocycles. The van der Waals surface area contributed by atoms with E-state index < -0.39 is 0 Å². The van der Waals surface area contributed by atoms with Crippen molar-refractivity contribution in [1.82, 2.24) is 4.98 Å². The maximum absolute atomic E-state index is 5.88. The predicted molar refractivity (Wildman–Crippen MR) is 83.7 cm³/mol. The summed E-state index contributed by atoms with van der Waals surface area (Å²) in [7, 11) is 0. The molecule has 1 heterocycles. The molecule has 0 radical (unpaired) electrons. The monoisotopic (exact) mass is 260 g/mol. The van der Waals surface area contributed by atoms with Crippen LogP contribution in [0.1, 0.15) is 16.8 Å². The van der Waals surface area contributed by atoms with E-state index in [4.69, 9.17) is 5.73 Å². The standard InChI is InChI=1S/C18H16N2/c1-11-16(19)9-10-17(20-11)14-8-7-13-6-5-12-3-2-4-15(14)18(12)13/h2-4,7-10H,5-6,19H2,1H3. The number of nitrogens with zero attached hydrogens (tertiary/aromatic N) is 1. The van der Waals surface area contributed by atoms with Gasteiger partial charge in [0, 0.05) is 5.56 Å². The van der Waals surface area contributed by atoms with Gasteiger partial charge in [0.1, 0.15) is 0 Å². The van der Waals surface area contributed by atoms with Crippen LogP contribution < -0.4 is 5.73 Å². The topological polar surface area (TPSA) is 38.9 Å². The summed E-state index contributed by atoms with van der Waals surface area (Å²) in [6.07, 6.45) is 2.31. The van der Waals surface area contributed by atoms with Crippen molar-refractivity contribution in [3.63, 3.8) is 0 Å². The number of pyridine rings is 1. The van der Waals surface area contributed by atoms with E-state index in [1.807, 2.05) is 19.1 Å². The quantitative estimate of drug-likeness (QED) is 0.721. The number of hydrogen-bond acceptors (Lipinski definition) is 2. The summed E-state index contributed by atoms with van der Waals surface area (Å²) in [4.78, 5) is 4.65. The van der Waals surface area contributed by atoms with Gasteiger partial charge in [-0.1, -0.05) is 30.3 Å². The molecule has 3 aromatic rings. The molecule has 2 nitrogen and oxygen atoms in total. The Morgan fingerprint density at radius 2 is 1.75 bits per heavy atom. The van der Waals surface area contributed by atoms with Gasteiger partial charge in [0.05, 0.1) is 17.1 Å². The van der Waals surface area contributed by atoms with Crippen molar-refractivity contribution in [2.24, 2.45) is 0 Å². The fraction of sp³-hybridized carbons (Fsp3) is 0.167. The lowest BCUT2D eigenvalue weighted by molar-refractivity contribution is 1.02. The summed E-state index contributed by atoms with van der Waals surface area (Å²) in [6, 6.07) is 15.0. The van der Waals surface area contributed by atoms with Crippen LogP contribution in [0.4, 0.5) is 5.69 Å². The minimum atomic E-state index is 0.750. The van der Waals surface area contributed by atoms with Crippen molar-refractivity contribution in [2.75, 3.05) is 5.73 Å². The number of nitrogen functional groups attached to an aromatic ring is 1. The number of benzene rings is 2. The third-order valence-electron chi connectivity index (χ3n) is 4.28. The van der Waals surface area contributed by atoms with Crippen LogP contribution in [-0.2, 0) is 12.8 Å². The normalized spacial score (nSPS) is 13.1. The first-order chi connectivity index (χ1) is 9.74. The third kappa shape index (κ3) is 1.54.